The van der Waals surface area contributed by atoms with E-state index in [4.69, 9.17) is 4.74 Å². The summed E-state index contributed by atoms with van der Waals surface area (Å²) in [5.41, 5.74) is 1.62. The van der Waals surface area contributed by atoms with E-state index in [9.17, 15) is 0 Å². The molecule has 1 nitrogen and oxygen atoms in total. The minimum atomic E-state index is 0.855. The molecule has 1 heteroatoms. The second-order valence-electron chi connectivity index (χ2n) is 5.42. The number of allylic oxidation sites excluding steroid dienone is 1. The smallest absolute Gasteiger partial charge is 0.0873 e. The van der Waals surface area contributed by atoms with Gasteiger partial charge in [0.05, 0.1) is 12.9 Å². The summed E-state index contributed by atoms with van der Waals surface area (Å²) in [4.78, 5) is 0. The van der Waals surface area contributed by atoms with Crippen LogP contribution in [-0.4, -0.2) is 6.61 Å². The van der Waals surface area contributed by atoms with E-state index in [0.717, 1.165) is 12.5 Å². The fraction of sp³-hybridized carbons (Fsp3) is 0.867. The minimum Gasteiger partial charge on any atom is -0.501 e. The van der Waals surface area contributed by atoms with Crippen molar-refractivity contribution >= 4 is 0 Å². The van der Waals surface area contributed by atoms with Crippen LogP contribution in [0.3, 0.4) is 0 Å². The van der Waals surface area contributed by atoms with Crippen LogP contribution in [0, 0.1) is 5.92 Å². The van der Waals surface area contributed by atoms with Gasteiger partial charge in [0, 0.05) is 0 Å². The van der Waals surface area contributed by atoms with E-state index in [1.54, 1.807) is 5.57 Å². The molecular weight excluding hydrogens is 196 g/mol. The Bertz CT molecular complexity index is 219. The molecule has 0 saturated heterocycles. The third-order valence-electron chi connectivity index (χ3n) is 4.09. The quantitative estimate of drug-likeness (QED) is 0.571. The van der Waals surface area contributed by atoms with Gasteiger partial charge in [0.25, 0.3) is 0 Å². The SMILES string of the molecule is C1=C2/CCCCC2CCCCCCCCO/1. The van der Waals surface area contributed by atoms with Gasteiger partial charge in [-0.15, -0.1) is 0 Å². The molecular formula is C15H26O. The predicted octanol–water partition coefficient (Wildman–Crippen LogP) is 4.82. The maximum Gasteiger partial charge on any atom is 0.0873 e. The molecule has 1 atom stereocenters. The Morgan fingerprint density at radius 2 is 1.50 bits per heavy atom. The summed E-state index contributed by atoms with van der Waals surface area (Å²) in [5.74, 6) is 0.855. The first kappa shape index (κ1) is 12.0. The lowest BCUT2D eigenvalue weighted by Crippen LogP contribution is -2.11. The largest absolute Gasteiger partial charge is 0.501 e. The van der Waals surface area contributed by atoms with E-state index in [-0.39, 0.29) is 0 Å². The topological polar surface area (TPSA) is 9.23 Å². The number of hydrogen-bond acceptors (Lipinski definition) is 1. The highest BCUT2D eigenvalue weighted by Gasteiger charge is 2.18. The molecule has 1 unspecified atom stereocenters. The van der Waals surface area contributed by atoms with Crippen LogP contribution >= 0.6 is 0 Å². The van der Waals surface area contributed by atoms with Crippen LogP contribution in [0.15, 0.2) is 11.8 Å². The van der Waals surface area contributed by atoms with E-state index in [1.165, 1.54) is 70.6 Å². The Morgan fingerprint density at radius 1 is 0.812 bits per heavy atom. The first-order valence-corrected chi connectivity index (χ1v) is 7.27. The molecule has 0 aromatic heterocycles. The summed E-state index contributed by atoms with van der Waals surface area (Å²) in [6.45, 7) is 0.941. The molecule has 92 valence electrons. The Kier molecular flexibility index (Phi) is 5.24. The van der Waals surface area contributed by atoms with Crippen molar-refractivity contribution in [3.05, 3.63) is 11.8 Å². The molecule has 1 fully saturated rings. The van der Waals surface area contributed by atoms with Crippen molar-refractivity contribution in [2.24, 2.45) is 5.92 Å². The van der Waals surface area contributed by atoms with Crippen LogP contribution in [0.1, 0.15) is 70.6 Å². The molecule has 1 aliphatic carbocycles. The predicted molar refractivity (Wildman–Crippen MR) is 68.3 cm³/mol. The van der Waals surface area contributed by atoms with Crippen LogP contribution in [0.5, 0.6) is 0 Å². The van der Waals surface area contributed by atoms with Gasteiger partial charge in [0.1, 0.15) is 0 Å². The molecule has 0 spiro atoms. The fourth-order valence-corrected chi connectivity index (χ4v) is 3.04. The highest BCUT2D eigenvalue weighted by Crippen LogP contribution is 2.33. The van der Waals surface area contributed by atoms with Crippen LogP contribution in [0.25, 0.3) is 0 Å². The number of rotatable bonds is 0. The second-order valence-corrected chi connectivity index (χ2v) is 5.42. The number of hydrogen-bond donors (Lipinski definition) is 0. The molecule has 0 N–H and O–H groups in total. The van der Waals surface area contributed by atoms with E-state index in [1.807, 2.05) is 0 Å². The molecule has 16 heavy (non-hydrogen) atoms. The van der Waals surface area contributed by atoms with E-state index < -0.39 is 0 Å². The molecule has 0 aromatic carbocycles. The third-order valence-corrected chi connectivity index (χ3v) is 4.09. The molecule has 1 heterocycles. The van der Waals surface area contributed by atoms with Crippen molar-refractivity contribution in [1.82, 2.24) is 0 Å². The summed E-state index contributed by atoms with van der Waals surface area (Å²) in [6, 6.07) is 0. The fourth-order valence-electron chi connectivity index (χ4n) is 3.04. The van der Waals surface area contributed by atoms with Crippen LogP contribution < -0.4 is 0 Å². The Labute approximate surface area is 100 Å². The Morgan fingerprint density at radius 3 is 2.38 bits per heavy atom. The maximum atomic E-state index is 5.71. The van der Waals surface area contributed by atoms with Crippen molar-refractivity contribution in [2.45, 2.75) is 70.6 Å². The molecule has 2 rings (SSSR count). The summed E-state index contributed by atoms with van der Waals surface area (Å²) in [7, 11) is 0. The van der Waals surface area contributed by atoms with Crippen LogP contribution in [-0.2, 0) is 4.74 Å². The highest BCUT2D eigenvalue weighted by atomic mass is 16.5. The van der Waals surface area contributed by atoms with E-state index >= 15 is 0 Å². The highest BCUT2D eigenvalue weighted by molar-refractivity contribution is 5.06. The Balaban J connectivity index is 1.89. The minimum absolute atomic E-state index is 0.855. The third kappa shape index (κ3) is 3.84. The summed E-state index contributed by atoms with van der Waals surface area (Å²) in [5, 5.41) is 0. The van der Waals surface area contributed by atoms with Gasteiger partial charge in [0.2, 0.25) is 0 Å². The van der Waals surface area contributed by atoms with Gasteiger partial charge >= 0.3 is 0 Å². The van der Waals surface area contributed by atoms with Crippen molar-refractivity contribution < 1.29 is 4.74 Å². The Hall–Kier alpha value is -0.460. The molecule has 0 bridgehead atoms. The lowest BCUT2D eigenvalue weighted by Gasteiger charge is -2.25. The summed E-state index contributed by atoms with van der Waals surface area (Å²) in [6.07, 6.45) is 17.4. The van der Waals surface area contributed by atoms with E-state index in [0.29, 0.717) is 0 Å². The zero-order valence-electron chi connectivity index (χ0n) is 10.5. The van der Waals surface area contributed by atoms with Gasteiger partial charge in [-0.3, -0.25) is 0 Å². The zero-order chi connectivity index (χ0) is 11.1. The van der Waals surface area contributed by atoms with Crippen LogP contribution in [0.4, 0.5) is 0 Å². The maximum absolute atomic E-state index is 5.71. The summed E-state index contributed by atoms with van der Waals surface area (Å²) < 4.78 is 5.71. The average molecular weight is 222 g/mol. The standard InChI is InChI=1S/C15H26O/c1-2-4-8-12-16-13-15-11-7-6-10-14(15)9-5-3-1/h13-14H,1-12H2/b15-13-. The second kappa shape index (κ2) is 6.98. The monoisotopic (exact) mass is 222 g/mol. The van der Waals surface area contributed by atoms with Crippen molar-refractivity contribution in [3.63, 3.8) is 0 Å². The normalized spacial score (nSPS) is 32.2. The summed E-state index contributed by atoms with van der Waals surface area (Å²) >= 11 is 0. The molecule has 2 aliphatic rings. The van der Waals surface area contributed by atoms with Gasteiger partial charge < -0.3 is 4.74 Å². The zero-order valence-corrected chi connectivity index (χ0v) is 10.5. The molecule has 0 aromatic rings. The van der Waals surface area contributed by atoms with Crippen molar-refractivity contribution in [1.29, 1.82) is 0 Å². The molecule has 0 amide bonds. The lowest BCUT2D eigenvalue weighted by molar-refractivity contribution is 0.228. The van der Waals surface area contributed by atoms with Crippen LogP contribution in [0.2, 0.25) is 0 Å². The van der Waals surface area contributed by atoms with E-state index in [2.05, 4.69) is 6.26 Å². The van der Waals surface area contributed by atoms with Gasteiger partial charge in [-0.2, -0.15) is 0 Å². The van der Waals surface area contributed by atoms with Gasteiger partial charge in [-0.25, -0.2) is 0 Å². The van der Waals surface area contributed by atoms with Crippen molar-refractivity contribution in [2.75, 3.05) is 6.61 Å². The number of fused-ring (bicyclic) bond motifs is 1. The van der Waals surface area contributed by atoms with Crippen molar-refractivity contribution in [3.8, 4) is 0 Å². The molecule has 1 aliphatic heterocycles. The molecule has 1 saturated carbocycles. The molecule has 0 radical (unpaired) electrons. The van der Waals surface area contributed by atoms with Gasteiger partial charge in [0.15, 0.2) is 0 Å². The van der Waals surface area contributed by atoms with Gasteiger partial charge in [-0.1, -0.05) is 38.5 Å². The first-order valence-electron chi connectivity index (χ1n) is 7.27. The van der Waals surface area contributed by atoms with Gasteiger partial charge in [-0.05, 0) is 43.6 Å². The average Bonchev–Trinajstić information content (AvgIpc) is 2.30. The lowest BCUT2D eigenvalue weighted by atomic mass is 9.81. The first-order chi connectivity index (χ1) is 7.97. The number of ether oxygens (including phenoxy) is 1.